The molecule has 0 radical (unpaired) electrons. The summed E-state index contributed by atoms with van der Waals surface area (Å²) in [4.78, 5) is 0. The van der Waals surface area contributed by atoms with Gasteiger partial charge in [0.05, 0.1) is 0 Å². The maximum atomic E-state index is 5.49. The lowest BCUT2D eigenvalue weighted by molar-refractivity contribution is 1.18. The molecule has 0 atom stereocenters. The Bertz CT molecular complexity index is 153. The minimum absolute atomic E-state index is 0.619. The van der Waals surface area contributed by atoms with Gasteiger partial charge in [0.1, 0.15) is 0 Å². The standard InChI is InChI=1S/C9H19NSi/c1-5-9(8-10)6-7-11(2,3)4/h5-6H,1,7-8,10H2,2-4H3/b9-6+. The fraction of sp³-hybridized carbons (Fsp3) is 0.556. The highest BCUT2D eigenvalue weighted by atomic mass is 28.3. The number of allylic oxidation sites excluding steroid dienone is 1. The van der Waals surface area contributed by atoms with Crippen molar-refractivity contribution >= 4 is 8.07 Å². The fourth-order valence-corrected chi connectivity index (χ4v) is 1.56. The molecule has 0 unspecified atom stereocenters. The van der Waals surface area contributed by atoms with Crippen LogP contribution < -0.4 is 5.73 Å². The van der Waals surface area contributed by atoms with Gasteiger partial charge in [-0.1, -0.05) is 38.4 Å². The van der Waals surface area contributed by atoms with Gasteiger partial charge in [-0.2, -0.15) is 0 Å². The first kappa shape index (κ1) is 10.7. The largest absolute Gasteiger partial charge is 0.327 e. The monoisotopic (exact) mass is 169 g/mol. The SMILES string of the molecule is C=C/C(=C\C[Si](C)(C)C)CN. The molecule has 0 heterocycles. The molecule has 0 aromatic heterocycles. The molecule has 64 valence electrons. The molecule has 0 spiro atoms. The van der Waals surface area contributed by atoms with Crippen molar-refractivity contribution in [2.75, 3.05) is 6.54 Å². The summed E-state index contributed by atoms with van der Waals surface area (Å²) in [5, 5.41) is 0. The molecule has 0 aliphatic heterocycles. The summed E-state index contributed by atoms with van der Waals surface area (Å²) in [5.74, 6) is 0. The van der Waals surface area contributed by atoms with E-state index in [4.69, 9.17) is 5.73 Å². The Hall–Kier alpha value is -0.343. The normalized spacial score (nSPS) is 13.3. The topological polar surface area (TPSA) is 26.0 Å². The summed E-state index contributed by atoms with van der Waals surface area (Å²) in [6.45, 7) is 11.4. The Morgan fingerprint density at radius 3 is 2.27 bits per heavy atom. The lowest BCUT2D eigenvalue weighted by Crippen LogP contribution is -2.18. The fourth-order valence-electron chi connectivity index (χ4n) is 0.687. The molecule has 2 N–H and O–H groups in total. The van der Waals surface area contributed by atoms with E-state index < -0.39 is 8.07 Å². The predicted octanol–water partition coefficient (Wildman–Crippen LogP) is 2.40. The zero-order valence-electron chi connectivity index (χ0n) is 7.85. The minimum Gasteiger partial charge on any atom is -0.327 e. The maximum absolute atomic E-state index is 5.49. The molecular weight excluding hydrogens is 150 g/mol. The van der Waals surface area contributed by atoms with Crippen LogP contribution in [-0.2, 0) is 0 Å². The van der Waals surface area contributed by atoms with E-state index in [-0.39, 0.29) is 0 Å². The van der Waals surface area contributed by atoms with Gasteiger partial charge in [0.15, 0.2) is 0 Å². The van der Waals surface area contributed by atoms with Gasteiger partial charge < -0.3 is 5.73 Å². The van der Waals surface area contributed by atoms with E-state index in [9.17, 15) is 0 Å². The highest BCUT2D eigenvalue weighted by Gasteiger charge is 2.09. The molecule has 0 rings (SSSR count). The first-order valence-electron chi connectivity index (χ1n) is 4.01. The third-order valence-corrected chi connectivity index (χ3v) is 2.90. The van der Waals surface area contributed by atoms with E-state index >= 15 is 0 Å². The molecule has 0 bridgehead atoms. The van der Waals surface area contributed by atoms with Crippen molar-refractivity contribution in [3.63, 3.8) is 0 Å². The van der Waals surface area contributed by atoms with Gasteiger partial charge in [-0.25, -0.2) is 0 Å². The van der Waals surface area contributed by atoms with Crippen molar-refractivity contribution in [1.82, 2.24) is 0 Å². The molecular formula is C9H19NSi. The average molecular weight is 169 g/mol. The Kier molecular flexibility index (Phi) is 4.38. The van der Waals surface area contributed by atoms with Crippen LogP contribution in [0.25, 0.3) is 0 Å². The molecule has 0 aliphatic rings. The maximum Gasteiger partial charge on any atom is 0.0480 e. The van der Waals surface area contributed by atoms with Gasteiger partial charge >= 0.3 is 0 Å². The van der Waals surface area contributed by atoms with E-state index in [2.05, 4.69) is 32.3 Å². The lowest BCUT2D eigenvalue weighted by atomic mass is 10.2. The first-order chi connectivity index (χ1) is 4.99. The zero-order chi connectivity index (χ0) is 8.91. The molecule has 0 saturated heterocycles. The summed E-state index contributed by atoms with van der Waals surface area (Å²) >= 11 is 0. The molecule has 0 aromatic rings. The minimum atomic E-state index is -0.932. The van der Waals surface area contributed by atoms with Crippen LogP contribution in [0.2, 0.25) is 25.7 Å². The number of rotatable bonds is 4. The van der Waals surface area contributed by atoms with E-state index in [1.165, 1.54) is 11.6 Å². The Labute approximate surface area is 71.0 Å². The average Bonchev–Trinajstić information content (AvgIpc) is 1.88. The van der Waals surface area contributed by atoms with Crippen LogP contribution in [-0.4, -0.2) is 14.6 Å². The summed E-state index contributed by atoms with van der Waals surface area (Å²) in [6, 6.07) is 1.20. The number of nitrogens with two attached hydrogens (primary N) is 1. The third kappa shape index (κ3) is 6.07. The van der Waals surface area contributed by atoms with Crippen LogP contribution in [0.15, 0.2) is 24.3 Å². The van der Waals surface area contributed by atoms with E-state index in [1.54, 1.807) is 0 Å². The second-order valence-electron chi connectivity index (χ2n) is 3.95. The first-order valence-corrected chi connectivity index (χ1v) is 7.72. The molecule has 0 aliphatic carbocycles. The molecule has 2 heteroatoms. The zero-order valence-corrected chi connectivity index (χ0v) is 8.85. The van der Waals surface area contributed by atoms with Gasteiger partial charge in [0.25, 0.3) is 0 Å². The van der Waals surface area contributed by atoms with Gasteiger partial charge in [-0.05, 0) is 11.6 Å². The molecule has 1 nitrogen and oxygen atoms in total. The van der Waals surface area contributed by atoms with E-state index in [0.717, 1.165) is 0 Å². The molecule has 11 heavy (non-hydrogen) atoms. The summed E-state index contributed by atoms with van der Waals surface area (Å²) in [5.41, 5.74) is 6.66. The Balaban J connectivity index is 3.99. The van der Waals surface area contributed by atoms with Crippen LogP contribution in [0.1, 0.15) is 0 Å². The van der Waals surface area contributed by atoms with Crippen molar-refractivity contribution in [1.29, 1.82) is 0 Å². The van der Waals surface area contributed by atoms with Crippen molar-refractivity contribution < 1.29 is 0 Å². The van der Waals surface area contributed by atoms with Crippen molar-refractivity contribution in [3.05, 3.63) is 24.3 Å². The number of hydrogen-bond donors (Lipinski definition) is 1. The molecule has 0 amide bonds. The van der Waals surface area contributed by atoms with Gasteiger partial charge in [0, 0.05) is 14.6 Å². The van der Waals surface area contributed by atoms with Crippen LogP contribution in [0, 0.1) is 0 Å². The van der Waals surface area contributed by atoms with Gasteiger partial charge in [-0.15, -0.1) is 0 Å². The molecule has 0 aromatic carbocycles. The highest BCUT2D eigenvalue weighted by molar-refractivity contribution is 6.76. The lowest BCUT2D eigenvalue weighted by Gasteiger charge is -2.12. The number of hydrogen-bond acceptors (Lipinski definition) is 1. The van der Waals surface area contributed by atoms with Crippen LogP contribution >= 0.6 is 0 Å². The van der Waals surface area contributed by atoms with E-state index in [1.807, 2.05) is 6.08 Å². The summed E-state index contributed by atoms with van der Waals surface area (Å²) in [7, 11) is -0.932. The second kappa shape index (κ2) is 4.52. The molecule has 0 saturated carbocycles. The molecule has 0 fully saturated rings. The summed E-state index contributed by atoms with van der Waals surface area (Å²) < 4.78 is 0. The van der Waals surface area contributed by atoms with Crippen molar-refractivity contribution in [2.45, 2.75) is 25.7 Å². The van der Waals surface area contributed by atoms with Crippen LogP contribution in [0.3, 0.4) is 0 Å². The quantitative estimate of drug-likeness (QED) is 0.507. The van der Waals surface area contributed by atoms with Crippen LogP contribution in [0.5, 0.6) is 0 Å². The Morgan fingerprint density at radius 1 is 1.45 bits per heavy atom. The summed E-state index contributed by atoms with van der Waals surface area (Å²) in [6.07, 6.45) is 4.07. The smallest absolute Gasteiger partial charge is 0.0480 e. The predicted molar refractivity (Wildman–Crippen MR) is 55.5 cm³/mol. The van der Waals surface area contributed by atoms with Gasteiger partial charge in [0.2, 0.25) is 0 Å². The Morgan fingerprint density at radius 2 is 2.00 bits per heavy atom. The highest BCUT2D eigenvalue weighted by Crippen LogP contribution is 2.10. The van der Waals surface area contributed by atoms with Crippen molar-refractivity contribution in [3.8, 4) is 0 Å². The van der Waals surface area contributed by atoms with Crippen molar-refractivity contribution in [2.24, 2.45) is 5.73 Å². The van der Waals surface area contributed by atoms with Gasteiger partial charge in [-0.3, -0.25) is 0 Å². The van der Waals surface area contributed by atoms with Crippen LogP contribution in [0.4, 0.5) is 0 Å². The van der Waals surface area contributed by atoms with E-state index in [0.29, 0.717) is 6.54 Å². The second-order valence-corrected chi connectivity index (χ2v) is 9.48. The third-order valence-electron chi connectivity index (χ3n) is 1.47.